The highest BCUT2D eigenvalue weighted by atomic mass is 35.5. The number of rotatable bonds is 6. The molecule has 0 aliphatic rings. The molecule has 2 aromatic carbocycles. The Hall–Kier alpha value is -2.19. The Labute approximate surface area is 167 Å². The summed E-state index contributed by atoms with van der Waals surface area (Å²) in [4.78, 5) is 13.5. The first-order valence-corrected chi connectivity index (χ1v) is 10.8. The molecule has 1 aromatic heterocycles. The Kier molecular flexibility index (Phi) is 5.96. The largest absolute Gasteiger partial charge is 0.322 e. The third-order valence-corrected chi connectivity index (χ3v) is 6.62. The molecule has 3 aromatic rings. The van der Waals surface area contributed by atoms with E-state index in [-0.39, 0.29) is 17.0 Å². The highest BCUT2D eigenvalue weighted by molar-refractivity contribution is 7.89. The zero-order valence-corrected chi connectivity index (χ0v) is 16.8. The minimum Gasteiger partial charge on any atom is -0.322 e. The predicted molar refractivity (Wildman–Crippen MR) is 109 cm³/mol. The van der Waals surface area contributed by atoms with Crippen molar-refractivity contribution in [1.29, 1.82) is 0 Å². The highest BCUT2D eigenvalue weighted by Crippen LogP contribution is 2.24. The number of carbonyl (C=O) groups excluding carboxylic acids is 1. The first kappa shape index (κ1) is 19.6. The van der Waals surface area contributed by atoms with Crippen LogP contribution in [0, 0.1) is 6.92 Å². The number of anilines is 1. The summed E-state index contributed by atoms with van der Waals surface area (Å²) in [6.45, 7) is 2.01. The molecule has 0 saturated carbocycles. The lowest BCUT2D eigenvalue weighted by atomic mass is 10.1. The van der Waals surface area contributed by atoms with E-state index in [0.717, 1.165) is 10.4 Å². The second-order valence-electron chi connectivity index (χ2n) is 5.80. The van der Waals surface area contributed by atoms with Crippen molar-refractivity contribution < 1.29 is 13.2 Å². The minimum absolute atomic E-state index is 0.0366. The molecular formula is C19H17ClN2O3S2. The van der Waals surface area contributed by atoms with E-state index in [0.29, 0.717) is 10.7 Å². The van der Waals surface area contributed by atoms with Gasteiger partial charge in [0.2, 0.25) is 10.0 Å². The number of hydrogen-bond donors (Lipinski definition) is 2. The molecular weight excluding hydrogens is 404 g/mol. The van der Waals surface area contributed by atoms with Gasteiger partial charge in [0.25, 0.3) is 5.91 Å². The number of sulfonamides is 1. The molecule has 3 rings (SSSR count). The van der Waals surface area contributed by atoms with Crippen LogP contribution in [-0.4, -0.2) is 14.3 Å². The molecule has 27 heavy (non-hydrogen) atoms. The van der Waals surface area contributed by atoms with Gasteiger partial charge in [-0.1, -0.05) is 29.8 Å². The summed E-state index contributed by atoms with van der Waals surface area (Å²) in [7, 11) is -3.72. The van der Waals surface area contributed by atoms with Crippen molar-refractivity contribution in [2.45, 2.75) is 18.4 Å². The van der Waals surface area contributed by atoms with Crippen molar-refractivity contribution in [3.63, 3.8) is 0 Å². The molecule has 0 bridgehead atoms. The van der Waals surface area contributed by atoms with E-state index in [9.17, 15) is 13.2 Å². The van der Waals surface area contributed by atoms with Crippen molar-refractivity contribution >= 4 is 44.6 Å². The van der Waals surface area contributed by atoms with Gasteiger partial charge in [0.1, 0.15) is 0 Å². The summed E-state index contributed by atoms with van der Waals surface area (Å²) in [5.41, 5.74) is 1.57. The molecule has 140 valence electrons. The topological polar surface area (TPSA) is 75.3 Å². The molecule has 0 aliphatic carbocycles. The lowest BCUT2D eigenvalue weighted by Gasteiger charge is -2.11. The molecule has 0 radical (unpaired) electrons. The smallest absolute Gasteiger partial charge is 0.255 e. The maximum Gasteiger partial charge on any atom is 0.255 e. The summed E-state index contributed by atoms with van der Waals surface area (Å²) < 4.78 is 27.6. The van der Waals surface area contributed by atoms with Crippen molar-refractivity contribution in [2.75, 3.05) is 5.32 Å². The van der Waals surface area contributed by atoms with E-state index >= 15 is 0 Å². The van der Waals surface area contributed by atoms with Crippen LogP contribution in [0.2, 0.25) is 5.02 Å². The Bertz CT molecular complexity index is 1060. The second-order valence-corrected chi connectivity index (χ2v) is 9.00. The predicted octanol–water partition coefficient (Wildman–Crippen LogP) is 4.44. The van der Waals surface area contributed by atoms with Gasteiger partial charge in [-0.25, -0.2) is 13.1 Å². The molecule has 0 fully saturated rings. The molecule has 0 saturated heterocycles. The Balaban J connectivity index is 1.78. The van der Waals surface area contributed by atoms with Gasteiger partial charge < -0.3 is 5.32 Å². The molecule has 5 nitrogen and oxygen atoms in total. The van der Waals surface area contributed by atoms with E-state index in [1.807, 2.05) is 17.5 Å². The number of hydrogen-bond acceptors (Lipinski definition) is 4. The molecule has 0 aliphatic heterocycles. The van der Waals surface area contributed by atoms with Crippen molar-refractivity contribution in [3.8, 4) is 0 Å². The van der Waals surface area contributed by atoms with E-state index in [1.165, 1.54) is 23.5 Å². The number of amides is 1. The standard InChI is InChI=1S/C19H17ClN2O3S2/c1-13-17(20)8-3-9-18(13)22-19(23)14-5-2-7-16(11-14)27(24,25)21-12-15-6-4-10-26-15/h2-11,21H,12H2,1H3,(H,22,23). The van der Waals surface area contributed by atoms with E-state index in [1.54, 1.807) is 37.3 Å². The van der Waals surface area contributed by atoms with Gasteiger partial charge in [-0.05, 0) is 54.3 Å². The number of benzene rings is 2. The van der Waals surface area contributed by atoms with Gasteiger partial charge in [-0.2, -0.15) is 0 Å². The minimum atomic E-state index is -3.72. The molecule has 0 atom stereocenters. The Morgan fingerprint density at radius 1 is 1.11 bits per heavy atom. The highest BCUT2D eigenvalue weighted by Gasteiger charge is 2.17. The molecule has 1 heterocycles. The Morgan fingerprint density at radius 3 is 2.63 bits per heavy atom. The lowest BCUT2D eigenvalue weighted by Crippen LogP contribution is -2.23. The van der Waals surface area contributed by atoms with Crippen LogP contribution in [-0.2, 0) is 16.6 Å². The van der Waals surface area contributed by atoms with Gasteiger partial charge in [0, 0.05) is 27.7 Å². The van der Waals surface area contributed by atoms with Crippen LogP contribution < -0.4 is 10.0 Å². The van der Waals surface area contributed by atoms with Gasteiger partial charge in [-0.15, -0.1) is 11.3 Å². The second kappa shape index (κ2) is 8.22. The molecule has 1 amide bonds. The van der Waals surface area contributed by atoms with E-state index < -0.39 is 15.9 Å². The van der Waals surface area contributed by atoms with Crippen LogP contribution in [0.25, 0.3) is 0 Å². The van der Waals surface area contributed by atoms with Gasteiger partial charge in [0.15, 0.2) is 0 Å². The summed E-state index contributed by atoms with van der Waals surface area (Å²) in [6.07, 6.45) is 0. The summed E-state index contributed by atoms with van der Waals surface area (Å²) in [5, 5.41) is 5.19. The SMILES string of the molecule is Cc1c(Cl)cccc1NC(=O)c1cccc(S(=O)(=O)NCc2cccs2)c1. The van der Waals surface area contributed by atoms with Crippen LogP contribution in [0.15, 0.2) is 64.9 Å². The van der Waals surface area contributed by atoms with Gasteiger partial charge >= 0.3 is 0 Å². The monoisotopic (exact) mass is 420 g/mol. The fourth-order valence-electron chi connectivity index (χ4n) is 2.40. The zero-order valence-electron chi connectivity index (χ0n) is 14.4. The fraction of sp³-hybridized carbons (Fsp3) is 0.105. The lowest BCUT2D eigenvalue weighted by molar-refractivity contribution is 0.102. The van der Waals surface area contributed by atoms with Crippen LogP contribution >= 0.6 is 22.9 Å². The van der Waals surface area contributed by atoms with Gasteiger partial charge in [-0.3, -0.25) is 4.79 Å². The number of halogens is 1. The zero-order chi connectivity index (χ0) is 19.4. The molecule has 2 N–H and O–H groups in total. The summed E-state index contributed by atoms with van der Waals surface area (Å²) >= 11 is 7.54. The third kappa shape index (κ3) is 4.75. The molecule has 0 unspecified atom stereocenters. The van der Waals surface area contributed by atoms with Crippen molar-refractivity contribution in [2.24, 2.45) is 0 Å². The summed E-state index contributed by atoms with van der Waals surface area (Å²) in [5.74, 6) is -0.407. The van der Waals surface area contributed by atoms with Crippen LogP contribution in [0.3, 0.4) is 0 Å². The first-order valence-electron chi connectivity index (χ1n) is 8.05. The van der Waals surface area contributed by atoms with E-state index in [4.69, 9.17) is 11.6 Å². The van der Waals surface area contributed by atoms with Gasteiger partial charge in [0.05, 0.1) is 4.90 Å². The first-order chi connectivity index (χ1) is 12.9. The average molecular weight is 421 g/mol. The maximum atomic E-state index is 12.5. The number of nitrogens with one attached hydrogen (secondary N) is 2. The quantitative estimate of drug-likeness (QED) is 0.619. The maximum absolute atomic E-state index is 12.5. The molecule has 0 spiro atoms. The third-order valence-electron chi connectivity index (χ3n) is 3.94. The van der Waals surface area contributed by atoms with Crippen LogP contribution in [0.1, 0.15) is 20.8 Å². The number of carbonyl (C=O) groups is 1. The Morgan fingerprint density at radius 2 is 1.89 bits per heavy atom. The molecule has 8 heteroatoms. The fourth-order valence-corrected chi connectivity index (χ4v) is 4.37. The number of thiophene rings is 1. The van der Waals surface area contributed by atoms with Crippen molar-refractivity contribution in [1.82, 2.24) is 4.72 Å². The van der Waals surface area contributed by atoms with Crippen LogP contribution in [0.5, 0.6) is 0 Å². The average Bonchev–Trinajstić information content (AvgIpc) is 3.18. The summed E-state index contributed by atoms with van der Waals surface area (Å²) in [6, 6.07) is 14.8. The van der Waals surface area contributed by atoms with Crippen molar-refractivity contribution in [3.05, 3.63) is 81.0 Å². The normalized spacial score (nSPS) is 11.3. The van der Waals surface area contributed by atoms with Crippen LogP contribution in [0.4, 0.5) is 5.69 Å². The van der Waals surface area contributed by atoms with E-state index in [2.05, 4.69) is 10.0 Å².